The Kier molecular flexibility index (Phi) is 4.44. The van der Waals surface area contributed by atoms with Crippen molar-refractivity contribution >= 4 is 5.97 Å². The molecule has 0 unspecified atom stereocenters. The maximum atomic E-state index is 10.6. The summed E-state index contributed by atoms with van der Waals surface area (Å²) in [4.78, 5) is 8.90. The van der Waals surface area contributed by atoms with Crippen molar-refractivity contribution in [3.05, 3.63) is 0 Å². The number of carboxylic acid groups (broad SMARTS) is 1. The molecule has 2 nitrogen and oxygen atoms in total. The van der Waals surface area contributed by atoms with Gasteiger partial charge in [0, 0.05) is 26.2 Å². The SMILES string of the molecule is O=C(O)C(F)(F)F.[Zr]. The van der Waals surface area contributed by atoms with E-state index < -0.39 is 12.1 Å². The summed E-state index contributed by atoms with van der Waals surface area (Å²) in [6, 6.07) is 0. The third-order valence-corrected chi connectivity index (χ3v) is 0.243. The summed E-state index contributed by atoms with van der Waals surface area (Å²) in [6.07, 6.45) is -5.08. The minimum absolute atomic E-state index is 0. The molecule has 0 heterocycles. The van der Waals surface area contributed by atoms with Crippen LogP contribution in [0.2, 0.25) is 0 Å². The smallest absolute Gasteiger partial charge is 0.475 e. The zero-order valence-corrected chi connectivity index (χ0v) is 5.95. The number of carboxylic acids is 1. The summed E-state index contributed by atoms with van der Waals surface area (Å²) >= 11 is 0. The second-order valence-electron chi connectivity index (χ2n) is 0.803. The molecule has 0 aromatic rings. The predicted octanol–water partition coefficient (Wildman–Crippen LogP) is 0.631. The Labute approximate surface area is 61.8 Å². The summed E-state index contributed by atoms with van der Waals surface area (Å²) in [6.45, 7) is 0. The molecule has 0 aliphatic carbocycles. The largest absolute Gasteiger partial charge is 0.490 e. The van der Waals surface area contributed by atoms with Gasteiger partial charge in [0.2, 0.25) is 0 Å². The molecule has 0 aliphatic heterocycles. The first-order valence-corrected chi connectivity index (χ1v) is 1.24. The van der Waals surface area contributed by atoms with Crippen LogP contribution in [0.4, 0.5) is 13.2 Å². The van der Waals surface area contributed by atoms with E-state index in [9.17, 15) is 13.2 Å². The zero-order valence-electron chi connectivity index (χ0n) is 3.49. The Morgan fingerprint density at radius 2 is 1.50 bits per heavy atom. The number of aliphatic carboxylic acids is 1. The number of carbonyl (C=O) groups is 1. The average molecular weight is 205 g/mol. The van der Waals surface area contributed by atoms with E-state index >= 15 is 0 Å². The van der Waals surface area contributed by atoms with Gasteiger partial charge in [0.15, 0.2) is 0 Å². The van der Waals surface area contributed by atoms with Crippen LogP contribution in [0.5, 0.6) is 0 Å². The Balaban J connectivity index is 0. The predicted molar refractivity (Wildman–Crippen MR) is 13.7 cm³/mol. The van der Waals surface area contributed by atoms with Crippen LogP contribution < -0.4 is 0 Å². The van der Waals surface area contributed by atoms with Crippen molar-refractivity contribution in [1.82, 2.24) is 0 Å². The molecule has 1 N–H and O–H groups in total. The van der Waals surface area contributed by atoms with Gasteiger partial charge in [0.25, 0.3) is 0 Å². The molecule has 0 saturated heterocycles. The molecule has 0 spiro atoms. The van der Waals surface area contributed by atoms with E-state index in [1.54, 1.807) is 0 Å². The van der Waals surface area contributed by atoms with E-state index in [4.69, 9.17) is 9.90 Å². The fourth-order valence-corrected chi connectivity index (χ4v) is 0. The van der Waals surface area contributed by atoms with Gasteiger partial charge < -0.3 is 5.11 Å². The molecule has 0 fully saturated rings. The van der Waals surface area contributed by atoms with Crippen molar-refractivity contribution in [3.8, 4) is 0 Å². The van der Waals surface area contributed by atoms with Gasteiger partial charge >= 0.3 is 12.1 Å². The molecule has 0 aromatic heterocycles. The molecule has 0 radical (unpaired) electrons. The van der Waals surface area contributed by atoms with Crippen molar-refractivity contribution in [3.63, 3.8) is 0 Å². The van der Waals surface area contributed by atoms with Gasteiger partial charge in [-0.3, -0.25) is 0 Å². The van der Waals surface area contributed by atoms with Crippen molar-refractivity contribution in [2.24, 2.45) is 0 Å². The zero-order chi connectivity index (χ0) is 6.08. The minimum Gasteiger partial charge on any atom is -0.475 e. The average Bonchev–Trinajstić information content (AvgIpc) is 1.31. The molecule has 0 aromatic carbocycles. The monoisotopic (exact) mass is 204 g/mol. The molecule has 0 aliphatic rings. The van der Waals surface area contributed by atoms with Crippen LogP contribution in [0.15, 0.2) is 0 Å². The van der Waals surface area contributed by atoms with Gasteiger partial charge in [0.1, 0.15) is 0 Å². The Morgan fingerprint density at radius 1 is 1.38 bits per heavy atom. The van der Waals surface area contributed by atoms with E-state index in [0.29, 0.717) is 0 Å². The Morgan fingerprint density at radius 3 is 1.50 bits per heavy atom. The van der Waals surface area contributed by atoms with E-state index in [1.807, 2.05) is 0 Å². The van der Waals surface area contributed by atoms with Crippen LogP contribution in [0.3, 0.4) is 0 Å². The van der Waals surface area contributed by atoms with Crippen LogP contribution in [0.1, 0.15) is 0 Å². The molecule has 0 rings (SSSR count). The van der Waals surface area contributed by atoms with Crippen molar-refractivity contribution < 1.29 is 49.3 Å². The van der Waals surface area contributed by atoms with E-state index in [1.165, 1.54) is 0 Å². The van der Waals surface area contributed by atoms with Crippen molar-refractivity contribution in [1.29, 1.82) is 0 Å². The standard InChI is InChI=1S/C2HF3O2.Zr/c3-2(4,5)1(6)7;/h(H,6,7);. The van der Waals surface area contributed by atoms with Crippen molar-refractivity contribution in [2.45, 2.75) is 6.18 Å². The number of hydrogen-bond donors (Lipinski definition) is 1. The minimum atomic E-state index is -5.08. The summed E-state index contributed by atoms with van der Waals surface area (Å²) in [5.41, 5.74) is 0. The number of hydrogen-bond acceptors (Lipinski definition) is 1. The van der Waals surface area contributed by atoms with Gasteiger partial charge in [0.05, 0.1) is 0 Å². The van der Waals surface area contributed by atoms with E-state index in [0.717, 1.165) is 0 Å². The maximum Gasteiger partial charge on any atom is 0.490 e. The summed E-state index contributed by atoms with van der Waals surface area (Å²) < 4.78 is 31.7. The summed E-state index contributed by atoms with van der Waals surface area (Å²) in [7, 11) is 0. The third kappa shape index (κ3) is 4.31. The molecule has 6 heteroatoms. The summed E-state index contributed by atoms with van der Waals surface area (Å²) in [5.74, 6) is -2.76. The van der Waals surface area contributed by atoms with Gasteiger partial charge in [-0.1, -0.05) is 0 Å². The maximum absolute atomic E-state index is 10.6. The van der Waals surface area contributed by atoms with Gasteiger partial charge in [-0.15, -0.1) is 0 Å². The molecule has 46 valence electrons. The van der Waals surface area contributed by atoms with Gasteiger partial charge in [-0.2, -0.15) is 13.2 Å². The number of halogens is 3. The topological polar surface area (TPSA) is 37.3 Å². The fraction of sp³-hybridized carbons (Fsp3) is 0.500. The first-order valence-electron chi connectivity index (χ1n) is 1.24. The molecular weight excluding hydrogens is 204 g/mol. The van der Waals surface area contributed by atoms with E-state index in [-0.39, 0.29) is 26.2 Å². The first-order chi connectivity index (χ1) is 2.94. The molecule has 0 amide bonds. The quantitative estimate of drug-likeness (QED) is 0.630. The Hall–Kier alpha value is 0.143. The van der Waals surface area contributed by atoms with Gasteiger partial charge in [-0.05, 0) is 0 Å². The molecule has 8 heavy (non-hydrogen) atoms. The third-order valence-electron chi connectivity index (χ3n) is 0.243. The van der Waals surface area contributed by atoms with E-state index in [2.05, 4.69) is 0 Å². The van der Waals surface area contributed by atoms with Gasteiger partial charge in [-0.25, -0.2) is 4.79 Å². The first kappa shape index (κ1) is 11.0. The van der Waals surface area contributed by atoms with Crippen LogP contribution in [0, 0.1) is 0 Å². The van der Waals surface area contributed by atoms with Crippen LogP contribution >= 0.6 is 0 Å². The van der Waals surface area contributed by atoms with Crippen LogP contribution in [0.25, 0.3) is 0 Å². The van der Waals surface area contributed by atoms with Crippen LogP contribution in [-0.4, -0.2) is 17.3 Å². The number of rotatable bonds is 0. The molecular formula is C2HF3O2Zr. The van der Waals surface area contributed by atoms with Crippen LogP contribution in [-0.2, 0) is 31.0 Å². The number of alkyl halides is 3. The molecule has 0 atom stereocenters. The molecule has 0 bridgehead atoms. The summed E-state index contributed by atoms with van der Waals surface area (Å²) in [5, 5.41) is 7.12. The second kappa shape index (κ2) is 3.22. The fourth-order valence-electron chi connectivity index (χ4n) is 0. The Bertz CT molecular complexity index is 87.8. The normalized spacial score (nSPS) is 9.88. The van der Waals surface area contributed by atoms with Crippen molar-refractivity contribution in [2.75, 3.05) is 0 Å². The molecule has 0 saturated carbocycles. The second-order valence-corrected chi connectivity index (χ2v) is 0.803.